The number of aromatic nitrogens is 2. The molecule has 0 aliphatic heterocycles. The van der Waals surface area contributed by atoms with Crippen LogP contribution in [-0.2, 0) is 5.60 Å². The highest BCUT2D eigenvalue weighted by Gasteiger charge is 2.34. The molecule has 4 rings (SSSR count). The summed E-state index contributed by atoms with van der Waals surface area (Å²) in [6, 6.07) is 18.4. The molecule has 1 aliphatic rings. The van der Waals surface area contributed by atoms with Gasteiger partial charge in [-0.3, -0.25) is 0 Å². The zero-order valence-corrected chi connectivity index (χ0v) is 16.0. The zero-order chi connectivity index (χ0) is 18.9. The molecule has 1 aliphatic carbocycles. The number of benzene rings is 2. The SMILES string of the molecule is COc1ccc(-n2nc(C3(O)CCCCC3)cc2-c2ccc(C)cc2)cc1. The Morgan fingerprint density at radius 2 is 1.63 bits per heavy atom. The van der Waals surface area contributed by atoms with Gasteiger partial charge in [-0.25, -0.2) is 4.68 Å². The second-order valence-electron chi connectivity index (χ2n) is 7.48. The minimum atomic E-state index is -0.824. The highest BCUT2D eigenvalue weighted by molar-refractivity contribution is 5.63. The van der Waals surface area contributed by atoms with Gasteiger partial charge in [-0.2, -0.15) is 5.10 Å². The first-order valence-corrected chi connectivity index (χ1v) is 9.63. The summed E-state index contributed by atoms with van der Waals surface area (Å²) in [5.41, 5.74) is 4.21. The fraction of sp³-hybridized carbons (Fsp3) is 0.348. The van der Waals surface area contributed by atoms with E-state index in [0.717, 1.165) is 54.1 Å². The van der Waals surface area contributed by atoms with Crippen molar-refractivity contribution in [2.75, 3.05) is 7.11 Å². The molecule has 27 heavy (non-hydrogen) atoms. The molecule has 1 aromatic heterocycles. The molecule has 1 N–H and O–H groups in total. The molecule has 1 saturated carbocycles. The number of hydrogen-bond donors (Lipinski definition) is 1. The molecule has 4 nitrogen and oxygen atoms in total. The van der Waals surface area contributed by atoms with Gasteiger partial charge in [0, 0.05) is 5.56 Å². The third kappa shape index (κ3) is 3.50. The fourth-order valence-corrected chi connectivity index (χ4v) is 3.85. The molecule has 0 amide bonds. The lowest BCUT2D eigenvalue weighted by Gasteiger charge is -2.30. The molecule has 4 heteroatoms. The fourth-order valence-electron chi connectivity index (χ4n) is 3.85. The molecular weight excluding hydrogens is 336 g/mol. The van der Waals surface area contributed by atoms with Crippen LogP contribution in [-0.4, -0.2) is 22.0 Å². The first kappa shape index (κ1) is 17.8. The summed E-state index contributed by atoms with van der Waals surface area (Å²) in [4.78, 5) is 0. The Morgan fingerprint density at radius 3 is 2.26 bits per heavy atom. The Hall–Kier alpha value is -2.59. The molecule has 140 valence electrons. The molecule has 0 saturated heterocycles. The van der Waals surface area contributed by atoms with Crippen LogP contribution in [0.4, 0.5) is 0 Å². The molecule has 0 bridgehead atoms. The van der Waals surface area contributed by atoms with E-state index in [1.54, 1.807) is 7.11 Å². The predicted octanol–water partition coefficient (Wildman–Crippen LogP) is 5.01. The number of aliphatic hydroxyl groups is 1. The lowest BCUT2D eigenvalue weighted by atomic mass is 9.82. The molecule has 1 heterocycles. The van der Waals surface area contributed by atoms with Crippen LogP contribution in [0.5, 0.6) is 5.75 Å². The van der Waals surface area contributed by atoms with Gasteiger partial charge in [0.15, 0.2) is 0 Å². The van der Waals surface area contributed by atoms with Crippen LogP contribution in [0, 0.1) is 6.92 Å². The van der Waals surface area contributed by atoms with Crippen molar-refractivity contribution in [3.63, 3.8) is 0 Å². The minimum Gasteiger partial charge on any atom is -0.497 e. The maximum absolute atomic E-state index is 11.2. The van der Waals surface area contributed by atoms with E-state index in [4.69, 9.17) is 9.84 Å². The van der Waals surface area contributed by atoms with E-state index in [1.165, 1.54) is 12.0 Å². The topological polar surface area (TPSA) is 47.3 Å². The van der Waals surface area contributed by atoms with Crippen molar-refractivity contribution in [2.24, 2.45) is 0 Å². The van der Waals surface area contributed by atoms with Crippen LogP contribution in [0.1, 0.15) is 43.4 Å². The monoisotopic (exact) mass is 362 g/mol. The third-order valence-corrected chi connectivity index (χ3v) is 5.53. The smallest absolute Gasteiger partial charge is 0.119 e. The number of nitrogens with zero attached hydrogens (tertiary/aromatic N) is 2. The van der Waals surface area contributed by atoms with Gasteiger partial charge < -0.3 is 9.84 Å². The summed E-state index contributed by atoms with van der Waals surface area (Å²) >= 11 is 0. The van der Waals surface area contributed by atoms with Crippen LogP contribution in [0.25, 0.3) is 16.9 Å². The lowest BCUT2D eigenvalue weighted by molar-refractivity contribution is -0.00492. The average Bonchev–Trinajstić information content (AvgIpc) is 3.15. The van der Waals surface area contributed by atoms with Crippen molar-refractivity contribution in [1.29, 1.82) is 0 Å². The van der Waals surface area contributed by atoms with E-state index in [-0.39, 0.29) is 0 Å². The van der Waals surface area contributed by atoms with Crippen LogP contribution < -0.4 is 4.74 Å². The van der Waals surface area contributed by atoms with E-state index in [9.17, 15) is 5.11 Å². The van der Waals surface area contributed by atoms with Crippen LogP contribution >= 0.6 is 0 Å². The molecule has 0 unspecified atom stereocenters. The minimum absolute atomic E-state index is 0.772. The Bertz CT molecular complexity index is 905. The van der Waals surface area contributed by atoms with Crippen molar-refractivity contribution < 1.29 is 9.84 Å². The predicted molar refractivity (Wildman–Crippen MR) is 107 cm³/mol. The zero-order valence-electron chi connectivity index (χ0n) is 16.0. The summed E-state index contributed by atoms with van der Waals surface area (Å²) in [7, 11) is 1.66. The molecular formula is C23H26N2O2. The Kier molecular flexibility index (Phi) is 4.75. The van der Waals surface area contributed by atoms with Gasteiger partial charge in [-0.1, -0.05) is 49.1 Å². The second-order valence-corrected chi connectivity index (χ2v) is 7.48. The van der Waals surface area contributed by atoms with Crippen molar-refractivity contribution in [3.8, 4) is 22.7 Å². The Morgan fingerprint density at radius 1 is 0.963 bits per heavy atom. The Labute approximate surface area is 160 Å². The van der Waals surface area contributed by atoms with Crippen LogP contribution in [0.2, 0.25) is 0 Å². The van der Waals surface area contributed by atoms with Gasteiger partial charge >= 0.3 is 0 Å². The Balaban J connectivity index is 1.82. The van der Waals surface area contributed by atoms with Crippen molar-refractivity contribution in [3.05, 3.63) is 65.9 Å². The van der Waals surface area contributed by atoms with Gasteiger partial charge in [0.05, 0.1) is 24.2 Å². The van der Waals surface area contributed by atoms with Gasteiger partial charge in [0.2, 0.25) is 0 Å². The summed E-state index contributed by atoms with van der Waals surface area (Å²) in [6.07, 6.45) is 4.84. The van der Waals surface area contributed by atoms with Gasteiger partial charge in [0.25, 0.3) is 0 Å². The van der Waals surface area contributed by atoms with E-state index < -0.39 is 5.60 Å². The molecule has 3 aromatic rings. The maximum atomic E-state index is 11.2. The normalized spacial score (nSPS) is 16.3. The van der Waals surface area contributed by atoms with E-state index >= 15 is 0 Å². The summed E-state index contributed by atoms with van der Waals surface area (Å²) < 4.78 is 7.22. The highest BCUT2D eigenvalue weighted by Crippen LogP contribution is 2.38. The van der Waals surface area contributed by atoms with Crippen LogP contribution in [0.3, 0.4) is 0 Å². The maximum Gasteiger partial charge on any atom is 0.119 e. The summed E-state index contributed by atoms with van der Waals surface area (Å²) in [6.45, 7) is 2.08. The van der Waals surface area contributed by atoms with Crippen molar-refractivity contribution in [1.82, 2.24) is 9.78 Å². The number of ether oxygens (including phenoxy) is 1. The number of aryl methyl sites for hydroxylation is 1. The first-order chi connectivity index (χ1) is 13.1. The highest BCUT2D eigenvalue weighted by atomic mass is 16.5. The molecule has 0 atom stereocenters. The van der Waals surface area contributed by atoms with E-state index in [2.05, 4.69) is 37.3 Å². The standard InChI is InChI=1S/C23H26N2O2/c1-17-6-8-18(9-7-17)21-16-22(23(26)14-4-3-5-15-23)24-25(21)19-10-12-20(27-2)13-11-19/h6-13,16,26H,3-5,14-15H2,1-2H3. The lowest BCUT2D eigenvalue weighted by Crippen LogP contribution is -2.29. The van der Waals surface area contributed by atoms with E-state index in [0.29, 0.717) is 0 Å². The van der Waals surface area contributed by atoms with Crippen LogP contribution in [0.15, 0.2) is 54.6 Å². The number of methoxy groups -OCH3 is 1. The van der Waals surface area contributed by atoms with Gasteiger partial charge in [-0.15, -0.1) is 0 Å². The molecule has 2 aromatic carbocycles. The average molecular weight is 362 g/mol. The van der Waals surface area contributed by atoms with E-state index in [1.807, 2.05) is 28.9 Å². The van der Waals surface area contributed by atoms with Gasteiger partial charge in [-0.05, 0) is 50.1 Å². The second kappa shape index (κ2) is 7.20. The summed E-state index contributed by atoms with van der Waals surface area (Å²) in [5, 5.41) is 16.1. The first-order valence-electron chi connectivity index (χ1n) is 9.63. The third-order valence-electron chi connectivity index (χ3n) is 5.53. The summed E-state index contributed by atoms with van der Waals surface area (Å²) in [5.74, 6) is 0.814. The number of rotatable bonds is 4. The van der Waals surface area contributed by atoms with Crippen molar-refractivity contribution in [2.45, 2.75) is 44.6 Å². The molecule has 0 radical (unpaired) electrons. The molecule has 1 fully saturated rings. The van der Waals surface area contributed by atoms with Crippen molar-refractivity contribution >= 4 is 0 Å². The molecule has 0 spiro atoms. The largest absolute Gasteiger partial charge is 0.497 e. The van der Waals surface area contributed by atoms with Gasteiger partial charge in [0.1, 0.15) is 11.4 Å². The quantitative estimate of drug-likeness (QED) is 0.710. The number of hydrogen-bond acceptors (Lipinski definition) is 3.